The van der Waals surface area contributed by atoms with E-state index in [2.05, 4.69) is 4.72 Å². The van der Waals surface area contributed by atoms with Crippen molar-refractivity contribution < 1.29 is 22.5 Å². The molecule has 12 heteroatoms. The lowest BCUT2D eigenvalue weighted by Crippen LogP contribution is -2.33. The first-order valence-corrected chi connectivity index (χ1v) is 11.5. The maximum Gasteiger partial charge on any atom is 0.266 e. The largest absolute Gasteiger partial charge is 0.362 e. The van der Waals surface area contributed by atoms with Gasteiger partial charge in [-0.05, 0) is 42.8 Å². The minimum absolute atomic E-state index is 0.00681. The molecule has 3 unspecified atom stereocenters. The van der Waals surface area contributed by atoms with Crippen LogP contribution in [-0.4, -0.2) is 30.9 Å². The second-order valence-corrected chi connectivity index (χ2v) is 9.86. The van der Waals surface area contributed by atoms with Gasteiger partial charge in [-0.2, -0.15) is 0 Å². The van der Waals surface area contributed by atoms with Crippen molar-refractivity contribution in [2.45, 2.75) is 30.9 Å². The number of hydrogen-bond acceptors (Lipinski definition) is 5. The summed E-state index contributed by atoms with van der Waals surface area (Å²) in [6.07, 6.45) is 3.45. The molecule has 0 amide bonds. The molecule has 2 aliphatic carbocycles. The highest BCUT2D eigenvalue weighted by Crippen LogP contribution is 2.34. The van der Waals surface area contributed by atoms with Crippen LogP contribution in [0.4, 0.5) is 10.1 Å². The van der Waals surface area contributed by atoms with Gasteiger partial charge in [0.05, 0.1) is 37.1 Å². The van der Waals surface area contributed by atoms with Crippen LogP contribution in [0.25, 0.3) is 0 Å². The summed E-state index contributed by atoms with van der Waals surface area (Å²) in [4.78, 5) is 10.1. The van der Waals surface area contributed by atoms with E-state index in [-0.39, 0.29) is 32.8 Å². The van der Waals surface area contributed by atoms with E-state index in [0.717, 1.165) is 6.07 Å². The number of ether oxygens (including phenoxy) is 1. The molecular formula is C19H16Cl3FN2O5S. The quantitative estimate of drug-likeness (QED) is 0.332. The number of nitrogens with one attached hydrogen (secondary N) is 1. The summed E-state index contributed by atoms with van der Waals surface area (Å²) in [7, 11) is -4.10. The van der Waals surface area contributed by atoms with Crippen LogP contribution in [-0.2, 0) is 14.8 Å². The Kier molecular flexibility index (Phi) is 7.12. The lowest BCUT2D eigenvalue weighted by molar-refractivity contribution is -0.419. The first-order valence-electron chi connectivity index (χ1n) is 8.87. The van der Waals surface area contributed by atoms with E-state index in [0.29, 0.717) is 5.56 Å². The molecule has 3 atom stereocenters. The van der Waals surface area contributed by atoms with Gasteiger partial charge in [0.2, 0.25) is 0 Å². The number of sulfonamides is 1. The Morgan fingerprint density at radius 2 is 1.97 bits per heavy atom. The maximum atomic E-state index is 13.5. The molecular weight excluding hydrogens is 494 g/mol. The smallest absolute Gasteiger partial charge is 0.266 e. The third-order valence-corrected chi connectivity index (χ3v) is 6.97. The molecule has 0 fully saturated rings. The van der Waals surface area contributed by atoms with E-state index in [1.165, 1.54) is 36.4 Å². The lowest BCUT2D eigenvalue weighted by Gasteiger charge is -2.29. The highest BCUT2D eigenvalue weighted by atomic mass is 35.5. The van der Waals surface area contributed by atoms with Gasteiger partial charge in [0.1, 0.15) is 11.9 Å². The summed E-state index contributed by atoms with van der Waals surface area (Å²) >= 11 is 18.7. The van der Waals surface area contributed by atoms with Gasteiger partial charge in [-0.3, -0.25) is 14.8 Å². The third kappa shape index (κ3) is 5.48. The van der Waals surface area contributed by atoms with Crippen LogP contribution in [0.5, 0.6) is 0 Å². The molecule has 0 spiro atoms. The lowest BCUT2D eigenvalue weighted by atomic mass is 10.1. The van der Waals surface area contributed by atoms with Crippen LogP contribution in [0.3, 0.4) is 0 Å². The Hall–Kier alpha value is -1.91. The van der Waals surface area contributed by atoms with Gasteiger partial charge in [0, 0.05) is 12.5 Å². The third-order valence-electron chi connectivity index (χ3n) is 4.58. The second kappa shape index (κ2) is 9.30. The molecule has 2 aliphatic rings. The molecule has 3 rings (SSSR count). The molecule has 7 nitrogen and oxygen atoms in total. The van der Waals surface area contributed by atoms with Crippen LogP contribution in [0.2, 0.25) is 0 Å². The molecule has 1 N–H and O–H groups in total. The minimum Gasteiger partial charge on any atom is -0.362 e. The minimum atomic E-state index is -4.10. The van der Waals surface area contributed by atoms with Crippen molar-refractivity contribution in [3.05, 3.63) is 84.7 Å². The molecule has 0 aliphatic heterocycles. The molecule has 31 heavy (non-hydrogen) atoms. The van der Waals surface area contributed by atoms with Gasteiger partial charge in [0.15, 0.2) is 0 Å². The highest BCUT2D eigenvalue weighted by molar-refractivity contribution is 7.96. The Labute approximate surface area is 193 Å². The molecule has 0 aromatic heterocycles. The number of hydrogen-bond donors (Lipinski definition) is 1. The Morgan fingerprint density at radius 3 is 2.58 bits per heavy atom. The standard InChI is InChI=1S/C19H16Cl3FN2O5S/c1-10-2-3-11(23)6-17(10)24-31(28,29)13-8-15(21)19(16(22)9-13)30-18-5-4-12(25(26)27)7-14(18)20/h2-4,6-9,15,18-19,24H,5H2,1H3. The Morgan fingerprint density at radius 1 is 1.26 bits per heavy atom. The van der Waals surface area contributed by atoms with Crippen LogP contribution >= 0.6 is 34.8 Å². The van der Waals surface area contributed by atoms with Crippen molar-refractivity contribution in [3.63, 3.8) is 0 Å². The molecule has 0 saturated carbocycles. The van der Waals surface area contributed by atoms with Gasteiger partial charge < -0.3 is 4.74 Å². The fraction of sp³-hybridized carbons (Fsp3) is 0.263. The van der Waals surface area contributed by atoms with Crippen molar-refractivity contribution in [1.29, 1.82) is 0 Å². The number of benzene rings is 1. The normalized spacial score (nSPS) is 24.0. The van der Waals surface area contributed by atoms with Crippen LogP contribution in [0.1, 0.15) is 12.0 Å². The zero-order chi connectivity index (χ0) is 22.9. The van der Waals surface area contributed by atoms with Crippen LogP contribution in [0.15, 0.2) is 63.2 Å². The summed E-state index contributed by atoms with van der Waals surface area (Å²) < 4.78 is 47.1. The van der Waals surface area contributed by atoms with Crippen LogP contribution < -0.4 is 4.72 Å². The van der Waals surface area contributed by atoms with Crippen molar-refractivity contribution in [2.24, 2.45) is 0 Å². The molecule has 0 heterocycles. The number of nitrogens with zero attached hydrogens (tertiary/aromatic N) is 1. The van der Waals surface area contributed by atoms with Gasteiger partial charge in [0.25, 0.3) is 15.7 Å². The zero-order valence-electron chi connectivity index (χ0n) is 15.9. The molecule has 1 aromatic rings. The fourth-order valence-electron chi connectivity index (χ4n) is 2.94. The Balaban J connectivity index is 1.76. The van der Waals surface area contributed by atoms with Gasteiger partial charge in [-0.15, -0.1) is 11.6 Å². The van der Waals surface area contributed by atoms with Crippen LogP contribution in [0, 0.1) is 22.9 Å². The predicted octanol–water partition coefficient (Wildman–Crippen LogP) is 4.94. The average molecular weight is 510 g/mol. The number of anilines is 1. The molecule has 0 radical (unpaired) electrons. The molecule has 166 valence electrons. The van der Waals surface area contributed by atoms with E-state index in [9.17, 15) is 22.9 Å². The number of aryl methyl sites for hydroxylation is 1. The molecule has 1 aromatic carbocycles. The van der Waals surface area contributed by atoms with Gasteiger partial charge >= 0.3 is 0 Å². The first-order chi connectivity index (χ1) is 14.5. The van der Waals surface area contributed by atoms with E-state index in [1.807, 2.05) is 0 Å². The SMILES string of the molecule is Cc1ccc(F)cc1NS(=O)(=O)C1=CC(Cl)C(OC2CC=C([N+](=O)[O-])C=C2Cl)C(Cl)=C1. The maximum absolute atomic E-state index is 13.5. The monoisotopic (exact) mass is 508 g/mol. The van der Waals surface area contributed by atoms with Crippen molar-refractivity contribution in [3.8, 4) is 0 Å². The Bertz CT molecular complexity index is 1150. The number of alkyl halides is 1. The van der Waals surface area contributed by atoms with E-state index < -0.39 is 38.3 Å². The van der Waals surface area contributed by atoms with Crippen molar-refractivity contribution >= 4 is 50.5 Å². The van der Waals surface area contributed by atoms with Gasteiger partial charge in [-0.25, -0.2) is 12.8 Å². The van der Waals surface area contributed by atoms with Crippen molar-refractivity contribution in [1.82, 2.24) is 0 Å². The topological polar surface area (TPSA) is 98.5 Å². The second-order valence-electron chi connectivity index (χ2n) is 6.80. The summed E-state index contributed by atoms with van der Waals surface area (Å²) in [5, 5.41) is 9.99. The number of allylic oxidation sites excluding steroid dienone is 2. The number of nitro groups is 1. The van der Waals surface area contributed by atoms with E-state index in [1.54, 1.807) is 6.92 Å². The molecule has 0 bridgehead atoms. The number of halogens is 4. The predicted molar refractivity (Wildman–Crippen MR) is 118 cm³/mol. The van der Waals surface area contributed by atoms with E-state index >= 15 is 0 Å². The van der Waals surface area contributed by atoms with E-state index in [4.69, 9.17) is 39.5 Å². The molecule has 0 saturated heterocycles. The number of rotatable bonds is 6. The van der Waals surface area contributed by atoms with Gasteiger partial charge in [-0.1, -0.05) is 29.3 Å². The average Bonchev–Trinajstić information content (AvgIpc) is 2.68. The summed E-state index contributed by atoms with van der Waals surface area (Å²) in [6.45, 7) is 1.63. The van der Waals surface area contributed by atoms with Crippen molar-refractivity contribution in [2.75, 3.05) is 4.72 Å². The zero-order valence-corrected chi connectivity index (χ0v) is 19.0. The highest BCUT2D eigenvalue weighted by Gasteiger charge is 2.34. The first kappa shape index (κ1) is 23.7. The summed E-state index contributed by atoms with van der Waals surface area (Å²) in [5.74, 6) is -0.593. The summed E-state index contributed by atoms with van der Waals surface area (Å²) in [5.41, 5.74) is 0.466. The fourth-order valence-corrected chi connectivity index (χ4v) is 5.26. The summed E-state index contributed by atoms with van der Waals surface area (Å²) in [6, 6.07) is 3.73.